The number of aromatic amines is 1. The molecule has 0 amide bonds. The van der Waals surface area contributed by atoms with Crippen molar-refractivity contribution in [1.29, 1.82) is 0 Å². The van der Waals surface area contributed by atoms with E-state index in [1.807, 2.05) is 0 Å². The van der Waals surface area contributed by atoms with E-state index in [4.69, 9.17) is 4.74 Å². The third kappa shape index (κ3) is 1.68. The van der Waals surface area contributed by atoms with Crippen LogP contribution in [0, 0.1) is 0 Å². The van der Waals surface area contributed by atoms with E-state index in [1.54, 1.807) is 6.07 Å². The van der Waals surface area contributed by atoms with Crippen LogP contribution in [0.25, 0.3) is 10.9 Å². The number of halogens is 1. The maximum Gasteiger partial charge on any atom is 0.419 e. The molecule has 2 rings (SSSR count). The van der Waals surface area contributed by atoms with Gasteiger partial charge in [-0.15, -0.1) is 0 Å². The van der Waals surface area contributed by atoms with Crippen LogP contribution in [0.2, 0.25) is 0 Å². The summed E-state index contributed by atoms with van der Waals surface area (Å²) in [5, 5.41) is 0.265. The summed E-state index contributed by atoms with van der Waals surface area (Å²) in [4.78, 5) is 24.7. The number of H-pyrrole nitrogens is 1. The van der Waals surface area contributed by atoms with Gasteiger partial charge in [0.1, 0.15) is 5.75 Å². The molecule has 2 aromatic rings. The van der Waals surface area contributed by atoms with Crippen LogP contribution in [0.4, 0.5) is 0 Å². The van der Waals surface area contributed by atoms with Crippen molar-refractivity contribution >= 4 is 26.8 Å². The van der Waals surface area contributed by atoms with Crippen molar-refractivity contribution in [2.24, 2.45) is 0 Å². The third-order valence-corrected chi connectivity index (χ3v) is 2.56. The van der Waals surface area contributed by atoms with E-state index in [0.717, 1.165) is 0 Å². The smallest absolute Gasteiger partial charge is 0.419 e. The van der Waals surface area contributed by atoms with Crippen LogP contribution >= 0.6 is 15.9 Å². The van der Waals surface area contributed by atoms with Crippen molar-refractivity contribution < 1.29 is 9.15 Å². The molecule has 0 aliphatic heterocycles. The topological polar surface area (TPSA) is 72.3 Å². The lowest BCUT2D eigenvalue weighted by atomic mass is 10.2. The Hall–Kier alpha value is -1.56. The van der Waals surface area contributed by atoms with Gasteiger partial charge in [0.2, 0.25) is 0 Å². The normalized spacial score (nSPS) is 10.5. The molecule has 6 heteroatoms. The summed E-state index contributed by atoms with van der Waals surface area (Å²) in [5.74, 6) is -0.271. The summed E-state index contributed by atoms with van der Waals surface area (Å²) in [5.41, 5.74) is -0.287. The summed E-state index contributed by atoms with van der Waals surface area (Å²) < 4.78 is 9.96. The Bertz CT molecular complexity index is 628. The molecule has 0 saturated carbocycles. The second kappa shape index (κ2) is 3.54. The molecule has 0 atom stereocenters. The highest BCUT2D eigenvalue weighted by Crippen LogP contribution is 2.25. The molecule has 0 saturated heterocycles. The number of hydrogen-bond donors (Lipinski definition) is 1. The number of nitrogens with one attached hydrogen (secondary N) is 1. The Balaban J connectivity index is 2.98. The molecular formula is C9H6BrNO4. The predicted molar refractivity (Wildman–Crippen MR) is 57.4 cm³/mol. The highest BCUT2D eigenvalue weighted by Gasteiger charge is 2.08. The molecule has 0 aliphatic carbocycles. The van der Waals surface area contributed by atoms with E-state index in [1.165, 1.54) is 13.2 Å². The van der Waals surface area contributed by atoms with Gasteiger partial charge in [-0.2, -0.15) is 0 Å². The van der Waals surface area contributed by atoms with E-state index in [0.29, 0.717) is 15.7 Å². The van der Waals surface area contributed by atoms with Crippen molar-refractivity contribution in [2.75, 3.05) is 7.11 Å². The predicted octanol–water partition coefficient (Wildman–Crippen LogP) is 1.25. The van der Waals surface area contributed by atoms with Gasteiger partial charge in [-0.1, -0.05) is 0 Å². The fourth-order valence-corrected chi connectivity index (χ4v) is 1.79. The first-order valence-electron chi connectivity index (χ1n) is 4.02. The van der Waals surface area contributed by atoms with E-state index in [2.05, 4.69) is 25.3 Å². The Morgan fingerprint density at radius 1 is 1.40 bits per heavy atom. The Labute approximate surface area is 91.8 Å². The van der Waals surface area contributed by atoms with Gasteiger partial charge in [0.15, 0.2) is 0 Å². The van der Waals surface area contributed by atoms with Gasteiger partial charge in [-0.25, -0.2) is 9.59 Å². The molecule has 0 fully saturated rings. The van der Waals surface area contributed by atoms with Crippen molar-refractivity contribution in [1.82, 2.24) is 4.98 Å². The van der Waals surface area contributed by atoms with Crippen LogP contribution in [0.15, 0.2) is 30.6 Å². The van der Waals surface area contributed by atoms with Crippen LogP contribution in [0.3, 0.4) is 0 Å². The van der Waals surface area contributed by atoms with Crippen molar-refractivity contribution in [3.8, 4) is 5.75 Å². The lowest BCUT2D eigenvalue weighted by Gasteiger charge is -2.02. The van der Waals surface area contributed by atoms with Crippen LogP contribution in [-0.4, -0.2) is 12.1 Å². The summed E-state index contributed by atoms with van der Waals surface area (Å²) in [6.07, 6.45) is 0. The Morgan fingerprint density at radius 2 is 2.13 bits per heavy atom. The first kappa shape index (κ1) is 9.97. The van der Waals surface area contributed by atoms with Gasteiger partial charge in [-0.05, 0) is 28.1 Å². The zero-order chi connectivity index (χ0) is 11.0. The number of hydrogen-bond acceptors (Lipinski definition) is 4. The van der Waals surface area contributed by atoms with E-state index in [9.17, 15) is 9.59 Å². The van der Waals surface area contributed by atoms with Crippen LogP contribution in [-0.2, 0) is 0 Å². The van der Waals surface area contributed by atoms with E-state index >= 15 is 0 Å². The van der Waals surface area contributed by atoms with Gasteiger partial charge in [-0.3, -0.25) is 4.98 Å². The lowest BCUT2D eigenvalue weighted by Crippen LogP contribution is -2.14. The number of ether oxygens (including phenoxy) is 1. The number of aromatic nitrogens is 1. The molecule has 0 spiro atoms. The zero-order valence-electron chi connectivity index (χ0n) is 7.67. The van der Waals surface area contributed by atoms with Gasteiger partial charge in [0.05, 0.1) is 18.0 Å². The molecule has 0 aliphatic rings. The number of methoxy groups -OCH3 is 1. The molecular weight excluding hydrogens is 266 g/mol. The average Bonchev–Trinajstić information content (AvgIpc) is 2.19. The standard InChI is InChI=1S/C9H6BrNO4/c1-14-4-2-5-7(6(10)3-4)11-9(13)15-8(5)12/h2-3H,1H3,(H,11,13). The first-order valence-corrected chi connectivity index (χ1v) is 4.82. The molecule has 5 nitrogen and oxygen atoms in total. The van der Waals surface area contributed by atoms with E-state index < -0.39 is 11.4 Å². The van der Waals surface area contributed by atoms with Gasteiger partial charge < -0.3 is 9.15 Å². The van der Waals surface area contributed by atoms with Crippen LogP contribution in [0.1, 0.15) is 0 Å². The molecule has 15 heavy (non-hydrogen) atoms. The van der Waals surface area contributed by atoms with Crippen molar-refractivity contribution in [2.45, 2.75) is 0 Å². The summed E-state index contributed by atoms with van der Waals surface area (Å²) in [6.45, 7) is 0. The maximum absolute atomic E-state index is 11.4. The van der Waals surface area contributed by atoms with Gasteiger partial charge >= 0.3 is 11.4 Å². The third-order valence-electron chi connectivity index (χ3n) is 1.93. The molecule has 1 aromatic carbocycles. The summed E-state index contributed by atoms with van der Waals surface area (Å²) >= 11 is 3.23. The minimum atomic E-state index is -0.779. The minimum Gasteiger partial charge on any atom is -0.497 e. The van der Waals surface area contributed by atoms with Crippen LogP contribution < -0.4 is 16.1 Å². The second-order valence-electron chi connectivity index (χ2n) is 2.83. The number of rotatable bonds is 1. The molecule has 78 valence electrons. The molecule has 1 heterocycles. The second-order valence-corrected chi connectivity index (χ2v) is 3.69. The highest BCUT2D eigenvalue weighted by atomic mass is 79.9. The monoisotopic (exact) mass is 271 g/mol. The summed E-state index contributed by atoms with van der Waals surface area (Å²) in [7, 11) is 1.49. The number of fused-ring (bicyclic) bond motifs is 1. The fraction of sp³-hybridized carbons (Fsp3) is 0.111. The van der Waals surface area contributed by atoms with Gasteiger partial charge in [0.25, 0.3) is 0 Å². The fourth-order valence-electron chi connectivity index (χ4n) is 1.25. The molecule has 0 unspecified atom stereocenters. The quantitative estimate of drug-likeness (QED) is 0.848. The molecule has 1 N–H and O–H groups in total. The molecule has 1 aromatic heterocycles. The highest BCUT2D eigenvalue weighted by molar-refractivity contribution is 9.10. The lowest BCUT2D eigenvalue weighted by molar-refractivity contribution is 0.414. The largest absolute Gasteiger partial charge is 0.497 e. The van der Waals surface area contributed by atoms with E-state index in [-0.39, 0.29) is 5.39 Å². The van der Waals surface area contributed by atoms with Crippen molar-refractivity contribution in [3.05, 3.63) is 37.6 Å². The Kier molecular flexibility index (Phi) is 2.36. The SMILES string of the molecule is COc1cc(Br)c2[nH]c(=O)oc(=O)c2c1. The average molecular weight is 272 g/mol. The van der Waals surface area contributed by atoms with Crippen LogP contribution in [0.5, 0.6) is 5.75 Å². The molecule has 0 radical (unpaired) electrons. The number of benzene rings is 1. The van der Waals surface area contributed by atoms with Crippen molar-refractivity contribution in [3.63, 3.8) is 0 Å². The zero-order valence-corrected chi connectivity index (χ0v) is 9.25. The Morgan fingerprint density at radius 3 is 2.80 bits per heavy atom. The maximum atomic E-state index is 11.4. The minimum absolute atomic E-state index is 0.265. The molecule has 0 bridgehead atoms. The summed E-state index contributed by atoms with van der Waals surface area (Å²) in [6, 6.07) is 3.15. The first-order chi connectivity index (χ1) is 7.11. The van der Waals surface area contributed by atoms with Gasteiger partial charge in [0, 0.05) is 4.47 Å².